The zero-order valence-electron chi connectivity index (χ0n) is 10.6. The lowest BCUT2D eigenvalue weighted by atomic mass is 10.0. The predicted molar refractivity (Wildman–Crippen MR) is 76.2 cm³/mol. The molecule has 98 valence electrons. The lowest BCUT2D eigenvalue weighted by Crippen LogP contribution is -1.86. The van der Waals surface area contributed by atoms with E-state index in [4.69, 9.17) is 0 Å². The Morgan fingerprint density at radius 3 is 2.25 bits per heavy atom. The van der Waals surface area contributed by atoms with Crippen LogP contribution in [-0.4, -0.2) is 20.2 Å². The van der Waals surface area contributed by atoms with Crippen molar-refractivity contribution in [1.82, 2.24) is 9.97 Å². The van der Waals surface area contributed by atoms with E-state index in [1.165, 1.54) is 12.1 Å². The van der Waals surface area contributed by atoms with E-state index in [0.717, 1.165) is 11.1 Å². The average Bonchev–Trinajstić information content (AvgIpc) is 2.48. The molecule has 0 aliphatic heterocycles. The second-order valence-corrected chi connectivity index (χ2v) is 4.37. The number of benzene rings is 1. The van der Waals surface area contributed by atoms with Crippen molar-refractivity contribution in [2.24, 2.45) is 0 Å². The van der Waals surface area contributed by atoms with Gasteiger partial charge in [0, 0.05) is 30.2 Å². The number of pyridine rings is 2. The van der Waals surface area contributed by atoms with Crippen molar-refractivity contribution >= 4 is 0 Å². The lowest BCUT2D eigenvalue weighted by Gasteiger charge is -2.07. The molecule has 2 N–H and O–H groups in total. The Kier molecular flexibility index (Phi) is 3.05. The fourth-order valence-electron chi connectivity index (χ4n) is 2.04. The van der Waals surface area contributed by atoms with E-state index in [-0.39, 0.29) is 11.5 Å². The number of aromatic hydroxyl groups is 2. The second-order valence-electron chi connectivity index (χ2n) is 4.37. The molecule has 0 saturated heterocycles. The average molecular weight is 264 g/mol. The van der Waals surface area contributed by atoms with Crippen LogP contribution in [0.25, 0.3) is 22.4 Å². The van der Waals surface area contributed by atoms with Crippen molar-refractivity contribution in [3.8, 4) is 33.9 Å². The van der Waals surface area contributed by atoms with Crippen molar-refractivity contribution in [3.05, 3.63) is 61.1 Å². The Bertz CT molecular complexity index is 742. The maximum atomic E-state index is 9.90. The minimum Gasteiger partial charge on any atom is -0.508 e. The molecule has 20 heavy (non-hydrogen) atoms. The standard InChI is InChI=1S/C16H12N2O2/c19-13-1-2-14(16(20)10-13)15-9-12(5-8-18-15)11-3-6-17-7-4-11/h1-10,19-20H. The van der Waals surface area contributed by atoms with E-state index in [9.17, 15) is 10.2 Å². The first-order valence-electron chi connectivity index (χ1n) is 6.13. The zero-order valence-corrected chi connectivity index (χ0v) is 10.6. The van der Waals surface area contributed by atoms with Gasteiger partial charge in [-0.15, -0.1) is 0 Å². The molecular weight excluding hydrogens is 252 g/mol. The summed E-state index contributed by atoms with van der Waals surface area (Å²) in [4.78, 5) is 8.26. The van der Waals surface area contributed by atoms with Crippen molar-refractivity contribution in [2.75, 3.05) is 0 Å². The van der Waals surface area contributed by atoms with Gasteiger partial charge in [-0.25, -0.2) is 0 Å². The SMILES string of the molecule is Oc1ccc(-c2cc(-c3ccncc3)ccn2)c(O)c1. The van der Waals surface area contributed by atoms with Crippen LogP contribution in [-0.2, 0) is 0 Å². The molecule has 0 saturated carbocycles. The van der Waals surface area contributed by atoms with Gasteiger partial charge in [0.25, 0.3) is 0 Å². The first-order valence-corrected chi connectivity index (χ1v) is 6.13. The summed E-state index contributed by atoms with van der Waals surface area (Å²) in [5.74, 6) is 0.0286. The van der Waals surface area contributed by atoms with E-state index in [0.29, 0.717) is 11.3 Å². The summed E-state index contributed by atoms with van der Waals surface area (Å²) >= 11 is 0. The van der Waals surface area contributed by atoms with Crippen molar-refractivity contribution in [1.29, 1.82) is 0 Å². The fraction of sp³-hybridized carbons (Fsp3) is 0. The lowest BCUT2D eigenvalue weighted by molar-refractivity contribution is 0.452. The van der Waals surface area contributed by atoms with Crippen LogP contribution in [0.1, 0.15) is 0 Å². The summed E-state index contributed by atoms with van der Waals surface area (Å²) in [7, 11) is 0. The number of phenolic OH excluding ortho intramolecular Hbond substituents is 2. The maximum Gasteiger partial charge on any atom is 0.128 e. The van der Waals surface area contributed by atoms with Crippen molar-refractivity contribution < 1.29 is 10.2 Å². The summed E-state index contributed by atoms with van der Waals surface area (Å²) in [6.45, 7) is 0. The number of phenols is 2. The zero-order chi connectivity index (χ0) is 13.9. The van der Waals surface area contributed by atoms with Crippen LogP contribution in [0.5, 0.6) is 11.5 Å². The largest absolute Gasteiger partial charge is 0.508 e. The van der Waals surface area contributed by atoms with Crippen LogP contribution in [0, 0.1) is 0 Å². The Labute approximate surface area is 116 Å². The van der Waals surface area contributed by atoms with Gasteiger partial charge in [0.2, 0.25) is 0 Å². The van der Waals surface area contributed by atoms with Gasteiger partial charge in [-0.05, 0) is 47.5 Å². The molecule has 3 aromatic rings. The third-order valence-electron chi connectivity index (χ3n) is 3.03. The third-order valence-corrected chi connectivity index (χ3v) is 3.03. The van der Waals surface area contributed by atoms with Gasteiger partial charge in [0.05, 0.1) is 5.69 Å². The molecule has 0 unspecified atom stereocenters. The normalized spacial score (nSPS) is 10.4. The molecule has 4 nitrogen and oxygen atoms in total. The molecule has 0 aliphatic rings. The Balaban J connectivity index is 2.08. The Hall–Kier alpha value is -2.88. The van der Waals surface area contributed by atoms with E-state index in [1.807, 2.05) is 24.3 Å². The first kappa shape index (κ1) is 12.2. The summed E-state index contributed by atoms with van der Waals surface area (Å²) in [6, 6.07) is 12.1. The maximum absolute atomic E-state index is 9.90. The second kappa shape index (κ2) is 5.01. The molecule has 0 fully saturated rings. The molecule has 0 spiro atoms. The quantitative estimate of drug-likeness (QED) is 0.745. The highest BCUT2D eigenvalue weighted by atomic mass is 16.3. The van der Waals surface area contributed by atoms with Crippen molar-refractivity contribution in [2.45, 2.75) is 0 Å². The van der Waals surface area contributed by atoms with Crippen LogP contribution < -0.4 is 0 Å². The van der Waals surface area contributed by atoms with E-state index in [2.05, 4.69) is 9.97 Å². The Morgan fingerprint density at radius 2 is 1.50 bits per heavy atom. The number of aromatic nitrogens is 2. The highest BCUT2D eigenvalue weighted by Gasteiger charge is 2.08. The highest BCUT2D eigenvalue weighted by Crippen LogP contribution is 2.32. The summed E-state index contributed by atoms with van der Waals surface area (Å²) in [5, 5.41) is 19.2. The van der Waals surface area contributed by atoms with Crippen LogP contribution in [0.4, 0.5) is 0 Å². The number of hydrogen-bond donors (Lipinski definition) is 2. The molecular formula is C16H12N2O2. The summed E-state index contributed by atoms with van der Waals surface area (Å²) < 4.78 is 0. The van der Waals surface area contributed by atoms with Crippen LogP contribution in [0.3, 0.4) is 0 Å². The van der Waals surface area contributed by atoms with Crippen LogP contribution in [0.2, 0.25) is 0 Å². The molecule has 2 aromatic heterocycles. The molecule has 3 rings (SSSR count). The third kappa shape index (κ3) is 2.31. The van der Waals surface area contributed by atoms with E-state index < -0.39 is 0 Å². The molecule has 2 heterocycles. The minimum atomic E-state index is 0.00405. The van der Waals surface area contributed by atoms with E-state index >= 15 is 0 Å². The number of rotatable bonds is 2. The van der Waals surface area contributed by atoms with Gasteiger partial charge < -0.3 is 10.2 Å². The molecule has 0 radical (unpaired) electrons. The summed E-state index contributed by atoms with van der Waals surface area (Å²) in [6.07, 6.45) is 5.15. The molecule has 0 aliphatic carbocycles. The molecule has 0 bridgehead atoms. The monoisotopic (exact) mass is 264 g/mol. The van der Waals surface area contributed by atoms with Crippen LogP contribution >= 0.6 is 0 Å². The number of hydrogen-bond acceptors (Lipinski definition) is 4. The van der Waals surface area contributed by atoms with Crippen molar-refractivity contribution in [3.63, 3.8) is 0 Å². The number of nitrogens with zero attached hydrogens (tertiary/aromatic N) is 2. The molecule has 1 aromatic carbocycles. The van der Waals surface area contributed by atoms with Gasteiger partial charge in [0.1, 0.15) is 11.5 Å². The minimum absolute atomic E-state index is 0.00405. The molecule has 0 atom stereocenters. The predicted octanol–water partition coefficient (Wildman–Crippen LogP) is 3.22. The first-order chi connectivity index (χ1) is 9.74. The van der Waals surface area contributed by atoms with Gasteiger partial charge in [-0.3, -0.25) is 9.97 Å². The van der Waals surface area contributed by atoms with Gasteiger partial charge in [-0.2, -0.15) is 0 Å². The Morgan fingerprint density at radius 1 is 0.750 bits per heavy atom. The van der Waals surface area contributed by atoms with Crippen LogP contribution in [0.15, 0.2) is 61.1 Å². The van der Waals surface area contributed by atoms with Gasteiger partial charge >= 0.3 is 0 Å². The molecule has 0 amide bonds. The van der Waals surface area contributed by atoms with Gasteiger partial charge in [0.15, 0.2) is 0 Å². The van der Waals surface area contributed by atoms with E-state index in [1.54, 1.807) is 24.7 Å². The fourth-order valence-corrected chi connectivity index (χ4v) is 2.04. The van der Waals surface area contributed by atoms with Gasteiger partial charge in [-0.1, -0.05) is 0 Å². The highest BCUT2D eigenvalue weighted by molar-refractivity contribution is 5.73. The molecule has 4 heteroatoms. The topological polar surface area (TPSA) is 66.2 Å². The summed E-state index contributed by atoms with van der Waals surface area (Å²) in [5.41, 5.74) is 3.25. The smallest absolute Gasteiger partial charge is 0.128 e.